The minimum atomic E-state index is -1.71. The third-order valence-corrected chi connectivity index (χ3v) is 1.77. The maximum absolute atomic E-state index is 11.1. The molecule has 0 aliphatic carbocycles. The van der Waals surface area contributed by atoms with Crippen LogP contribution in [0.2, 0.25) is 0 Å². The van der Waals surface area contributed by atoms with E-state index in [2.05, 4.69) is 5.32 Å². The molecule has 0 aromatic rings. The molecule has 94 valence electrons. The molecule has 0 atom stereocenters. The normalized spacial score (nSPS) is 11.0. The fourth-order valence-corrected chi connectivity index (χ4v) is 0.922. The maximum Gasteiger partial charge on any atom is 0.328 e. The zero-order valence-corrected chi connectivity index (χ0v) is 10.0. The summed E-state index contributed by atoms with van der Waals surface area (Å²) in [7, 11) is 0. The van der Waals surface area contributed by atoms with Crippen LogP contribution in [0.4, 0.5) is 0 Å². The molecular formula is C10H20N2O4. The smallest absolute Gasteiger partial charge is 0.328 e. The number of carbonyl (C=O) groups excluding carboxylic acids is 2. The third-order valence-electron chi connectivity index (χ3n) is 1.77. The Labute approximate surface area is 95.5 Å². The van der Waals surface area contributed by atoms with Crippen molar-refractivity contribution in [3.8, 4) is 0 Å². The predicted molar refractivity (Wildman–Crippen MR) is 58.2 cm³/mol. The first-order valence-electron chi connectivity index (χ1n) is 5.40. The van der Waals surface area contributed by atoms with Gasteiger partial charge >= 0.3 is 17.8 Å². The van der Waals surface area contributed by atoms with Crippen LogP contribution < -0.4 is 11.1 Å². The van der Waals surface area contributed by atoms with Crippen molar-refractivity contribution in [2.45, 2.75) is 39.5 Å². The van der Waals surface area contributed by atoms with Crippen molar-refractivity contribution >= 4 is 11.9 Å². The number of nitrogens with two attached hydrogens (primary N) is 1. The molecule has 0 aliphatic rings. The highest BCUT2D eigenvalue weighted by molar-refractivity contribution is 5.71. The van der Waals surface area contributed by atoms with Crippen molar-refractivity contribution < 1.29 is 19.1 Å². The second kappa shape index (κ2) is 7.19. The Balaban J connectivity index is 4.46. The van der Waals surface area contributed by atoms with Crippen LogP contribution in [0.15, 0.2) is 0 Å². The summed E-state index contributed by atoms with van der Waals surface area (Å²) >= 11 is 0. The number of esters is 2. The fourth-order valence-electron chi connectivity index (χ4n) is 0.922. The molecule has 0 fully saturated rings. The van der Waals surface area contributed by atoms with Crippen LogP contribution >= 0.6 is 0 Å². The highest BCUT2D eigenvalue weighted by Crippen LogP contribution is 2.08. The number of rotatable bonds is 7. The van der Waals surface area contributed by atoms with Crippen LogP contribution in [0, 0.1) is 0 Å². The average molecular weight is 232 g/mol. The van der Waals surface area contributed by atoms with Gasteiger partial charge in [-0.3, -0.25) is 15.3 Å². The summed E-state index contributed by atoms with van der Waals surface area (Å²) in [6.45, 7) is 5.84. The van der Waals surface area contributed by atoms with E-state index in [1.54, 1.807) is 13.8 Å². The van der Waals surface area contributed by atoms with Gasteiger partial charge in [0.15, 0.2) is 0 Å². The Morgan fingerprint density at radius 1 is 1.12 bits per heavy atom. The first kappa shape index (κ1) is 14.9. The number of hydrogen-bond acceptors (Lipinski definition) is 6. The van der Waals surface area contributed by atoms with Crippen LogP contribution in [0.1, 0.15) is 33.6 Å². The molecule has 0 bridgehead atoms. The number of carbonyl (C=O) groups is 2. The largest absolute Gasteiger partial charge is 0.407 e. The number of likely N-dealkylation sites (N-methyl/N-ethyl adjacent to an activating group) is 1. The molecule has 0 aromatic heterocycles. The molecule has 3 N–H and O–H groups in total. The molecule has 0 spiro atoms. The van der Waals surface area contributed by atoms with E-state index in [0.717, 1.165) is 0 Å². The van der Waals surface area contributed by atoms with E-state index >= 15 is 0 Å². The summed E-state index contributed by atoms with van der Waals surface area (Å²) < 4.78 is 9.79. The molecular weight excluding hydrogens is 212 g/mol. The first-order chi connectivity index (χ1) is 7.47. The van der Waals surface area contributed by atoms with E-state index in [-0.39, 0.29) is 19.4 Å². The molecule has 0 amide bonds. The monoisotopic (exact) mass is 232 g/mol. The summed E-state index contributed by atoms with van der Waals surface area (Å²) in [6.07, 6.45) is 0.351. The highest BCUT2D eigenvalue weighted by Gasteiger charge is 2.32. The van der Waals surface area contributed by atoms with Crippen LogP contribution in [-0.2, 0) is 19.1 Å². The summed E-state index contributed by atoms with van der Waals surface area (Å²) in [5.74, 6) is -2.73. The van der Waals surface area contributed by atoms with E-state index < -0.39 is 17.8 Å². The number of nitrogens with one attached hydrogen (secondary N) is 1. The lowest BCUT2D eigenvalue weighted by atomic mass is 10.4. The zero-order valence-electron chi connectivity index (χ0n) is 10.0. The minimum Gasteiger partial charge on any atom is -0.407 e. The molecule has 0 aromatic carbocycles. The second-order valence-electron chi connectivity index (χ2n) is 3.25. The zero-order chi connectivity index (χ0) is 12.6. The maximum atomic E-state index is 11.1. The highest BCUT2D eigenvalue weighted by atomic mass is 16.7. The molecule has 0 saturated carbocycles. The van der Waals surface area contributed by atoms with Crippen molar-refractivity contribution in [3.05, 3.63) is 0 Å². The lowest BCUT2D eigenvalue weighted by Gasteiger charge is -2.28. The molecule has 6 heteroatoms. The molecule has 6 nitrogen and oxygen atoms in total. The van der Waals surface area contributed by atoms with Gasteiger partial charge in [-0.05, 0) is 6.54 Å². The predicted octanol–water partition coefficient (Wildman–Crippen LogP) is 0.115. The Bertz CT molecular complexity index is 225. The van der Waals surface area contributed by atoms with Crippen molar-refractivity contribution in [1.82, 2.24) is 5.32 Å². The van der Waals surface area contributed by atoms with E-state index in [4.69, 9.17) is 15.2 Å². The molecule has 0 heterocycles. The van der Waals surface area contributed by atoms with Gasteiger partial charge in [0.05, 0.1) is 6.54 Å². The molecule has 0 rings (SSSR count). The SMILES string of the molecule is CCNCC(N)(OC(=O)CC)OC(=O)CC. The van der Waals surface area contributed by atoms with Gasteiger partial charge in [0.1, 0.15) is 0 Å². The van der Waals surface area contributed by atoms with Gasteiger partial charge in [0, 0.05) is 12.8 Å². The third kappa shape index (κ3) is 5.67. The van der Waals surface area contributed by atoms with Gasteiger partial charge in [-0.2, -0.15) is 0 Å². The van der Waals surface area contributed by atoms with Gasteiger partial charge in [0.2, 0.25) is 0 Å². The fraction of sp³-hybridized carbons (Fsp3) is 0.800. The molecule has 0 saturated heterocycles. The van der Waals surface area contributed by atoms with Gasteiger partial charge in [-0.25, -0.2) is 0 Å². The number of hydrogen-bond donors (Lipinski definition) is 2. The van der Waals surface area contributed by atoms with Gasteiger partial charge in [-0.15, -0.1) is 0 Å². The van der Waals surface area contributed by atoms with Crippen molar-refractivity contribution in [2.24, 2.45) is 5.73 Å². The summed E-state index contributed by atoms with van der Waals surface area (Å²) in [5.41, 5.74) is 5.69. The van der Waals surface area contributed by atoms with Gasteiger partial charge in [0.25, 0.3) is 0 Å². The quantitative estimate of drug-likeness (QED) is 0.478. The molecule has 0 aliphatic heterocycles. The lowest BCUT2D eigenvalue weighted by Crippen LogP contribution is -2.55. The van der Waals surface area contributed by atoms with E-state index in [1.807, 2.05) is 6.92 Å². The summed E-state index contributed by atoms with van der Waals surface area (Å²) in [6, 6.07) is 0. The summed E-state index contributed by atoms with van der Waals surface area (Å²) in [4.78, 5) is 22.3. The molecule has 16 heavy (non-hydrogen) atoms. The molecule has 0 radical (unpaired) electrons. The standard InChI is InChI=1S/C10H20N2O4/c1-4-8(13)15-10(11,7-12-6-3)16-9(14)5-2/h12H,4-7,11H2,1-3H3. The first-order valence-corrected chi connectivity index (χ1v) is 5.40. The topological polar surface area (TPSA) is 90.7 Å². The Hall–Kier alpha value is -1.14. The van der Waals surface area contributed by atoms with Crippen molar-refractivity contribution in [1.29, 1.82) is 0 Å². The van der Waals surface area contributed by atoms with Crippen LogP contribution in [-0.4, -0.2) is 30.9 Å². The van der Waals surface area contributed by atoms with Crippen molar-refractivity contribution in [3.63, 3.8) is 0 Å². The summed E-state index contributed by atoms with van der Waals surface area (Å²) in [5, 5.41) is 2.87. The molecule has 0 unspecified atom stereocenters. The van der Waals surface area contributed by atoms with E-state index in [0.29, 0.717) is 6.54 Å². The average Bonchev–Trinajstić information content (AvgIpc) is 2.25. The Morgan fingerprint density at radius 3 is 1.88 bits per heavy atom. The number of ether oxygens (including phenoxy) is 2. The van der Waals surface area contributed by atoms with E-state index in [1.165, 1.54) is 0 Å². The van der Waals surface area contributed by atoms with Crippen molar-refractivity contribution in [2.75, 3.05) is 13.1 Å². The Morgan fingerprint density at radius 2 is 1.56 bits per heavy atom. The van der Waals surface area contributed by atoms with Crippen LogP contribution in [0.5, 0.6) is 0 Å². The second-order valence-corrected chi connectivity index (χ2v) is 3.25. The minimum absolute atomic E-state index is 0.0704. The van der Waals surface area contributed by atoms with E-state index in [9.17, 15) is 9.59 Å². The van der Waals surface area contributed by atoms with Gasteiger partial charge < -0.3 is 14.8 Å². The Kier molecular flexibility index (Phi) is 6.67. The lowest BCUT2D eigenvalue weighted by molar-refractivity contribution is -0.225. The van der Waals surface area contributed by atoms with Crippen LogP contribution in [0.3, 0.4) is 0 Å². The van der Waals surface area contributed by atoms with Gasteiger partial charge in [-0.1, -0.05) is 20.8 Å². The van der Waals surface area contributed by atoms with Crippen LogP contribution in [0.25, 0.3) is 0 Å².